The smallest absolute Gasteiger partial charge is 0.253 e. The first-order chi connectivity index (χ1) is 17.9. The zero-order chi connectivity index (χ0) is 25.9. The minimum Gasteiger partial charge on any atom is -0.360 e. The summed E-state index contributed by atoms with van der Waals surface area (Å²) in [6.45, 7) is 6.37. The van der Waals surface area contributed by atoms with Gasteiger partial charge in [0, 0.05) is 54.3 Å². The molecule has 193 valence electrons. The molecule has 8 nitrogen and oxygen atoms in total. The van der Waals surface area contributed by atoms with Crippen LogP contribution < -0.4 is 10.6 Å². The van der Waals surface area contributed by atoms with Crippen LogP contribution in [0.15, 0.2) is 42.6 Å². The fraction of sp³-hybridized carbons (Fsp3) is 0.379. The summed E-state index contributed by atoms with van der Waals surface area (Å²) in [6.07, 6.45) is 4.37. The molecule has 1 unspecified atom stereocenters. The van der Waals surface area contributed by atoms with Crippen LogP contribution in [0, 0.1) is 6.07 Å². The van der Waals surface area contributed by atoms with Crippen LogP contribution in [0.4, 0.5) is 0 Å². The predicted octanol–water partition coefficient (Wildman–Crippen LogP) is 3.62. The van der Waals surface area contributed by atoms with E-state index >= 15 is 0 Å². The molecule has 1 aliphatic heterocycles. The van der Waals surface area contributed by atoms with E-state index in [9.17, 15) is 9.59 Å². The summed E-state index contributed by atoms with van der Waals surface area (Å²) in [4.78, 5) is 37.1. The van der Waals surface area contributed by atoms with Crippen molar-refractivity contribution in [1.29, 1.82) is 0 Å². The molecule has 3 heterocycles. The van der Waals surface area contributed by atoms with Gasteiger partial charge in [0.25, 0.3) is 11.8 Å². The number of rotatable bonds is 9. The molecule has 4 N–H and O–H groups in total. The maximum Gasteiger partial charge on any atom is 0.253 e. The molecule has 4 aromatic rings. The summed E-state index contributed by atoms with van der Waals surface area (Å²) < 4.78 is 0. The van der Waals surface area contributed by atoms with Gasteiger partial charge in [-0.2, -0.15) is 0 Å². The SMILES string of the molecule is CC(CNC(=O)c1cccc2c(-c3[c]c4cccc(C(=O)NCCN5CCCC5)c4[nH]3)c[nH]c12)N(C)C. The van der Waals surface area contributed by atoms with Gasteiger partial charge in [0.15, 0.2) is 0 Å². The van der Waals surface area contributed by atoms with Gasteiger partial charge in [-0.05, 0) is 59.1 Å². The average Bonchev–Trinajstić information content (AvgIpc) is 3.65. The number of aromatic amines is 2. The maximum absolute atomic E-state index is 13.0. The van der Waals surface area contributed by atoms with Crippen LogP contribution in [-0.2, 0) is 0 Å². The van der Waals surface area contributed by atoms with Gasteiger partial charge in [0.2, 0.25) is 0 Å². The minimum absolute atomic E-state index is 0.0866. The molecule has 5 rings (SSSR count). The molecule has 1 radical (unpaired) electrons. The van der Waals surface area contributed by atoms with Gasteiger partial charge in [-0.25, -0.2) is 0 Å². The normalized spacial score (nSPS) is 15.0. The number of carbonyl (C=O) groups is 2. The van der Waals surface area contributed by atoms with E-state index in [1.54, 1.807) is 0 Å². The van der Waals surface area contributed by atoms with Crippen LogP contribution in [0.1, 0.15) is 40.5 Å². The second kappa shape index (κ2) is 10.8. The quantitative estimate of drug-likeness (QED) is 0.283. The van der Waals surface area contributed by atoms with Crippen molar-refractivity contribution in [3.05, 3.63) is 59.8 Å². The fourth-order valence-corrected chi connectivity index (χ4v) is 4.90. The van der Waals surface area contributed by atoms with Crippen molar-refractivity contribution >= 4 is 33.6 Å². The van der Waals surface area contributed by atoms with Crippen LogP contribution in [0.25, 0.3) is 33.1 Å². The Morgan fingerprint density at radius 2 is 1.73 bits per heavy atom. The van der Waals surface area contributed by atoms with E-state index in [1.807, 2.05) is 56.7 Å². The van der Waals surface area contributed by atoms with Gasteiger partial charge >= 0.3 is 0 Å². The van der Waals surface area contributed by atoms with E-state index in [2.05, 4.69) is 43.4 Å². The summed E-state index contributed by atoms with van der Waals surface area (Å²) >= 11 is 0. The number of hydrogen-bond acceptors (Lipinski definition) is 4. The van der Waals surface area contributed by atoms with Gasteiger partial charge in [-0.1, -0.05) is 24.3 Å². The lowest BCUT2D eigenvalue weighted by atomic mass is 10.1. The molecule has 0 aliphatic carbocycles. The van der Waals surface area contributed by atoms with Crippen molar-refractivity contribution in [2.45, 2.75) is 25.8 Å². The molecular formula is C29H35N6O2. The van der Waals surface area contributed by atoms with E-state index < -0.39 is 0 Å². The Labute approximate surface area is 217 Å². The first-order valence-electron chi connectivity index (χ1n) is 13.0. The number of nitrogens with one attached hydrogen (secondary N) is 4. The van der Waals surface area contributed by atoms with Crippen LogP contribution in [0.2, 0.25) is 0 Å². The molecule has 1 fully saturated rings. The van der Waals surface area contributed by atoms with Crippen molar-refractivity contribution in [1.82, 2.24) is 30.4 Å². The van der Waals surface area contributed by atoms with Crippen molar-refractivity contribution in [3.63, 3.8) is 0 Å². The van der Waals surface area contributed by atoms with E-state index in [0.717, 1.165) is 52.7 Å². The third-order valence-electron chi connectivity index (χ3n) is 7.40. The topological polar surface area (TPSA) is 96.3 Å². The highest BCUT2D eigenvalue weighted by Gasteiger charge is 2.19. The van der Waals surface area contributed by atoms with Gasteiger partial charge in [0.1, 0.15) is 0 Å². The average molecular weight is 500 g/mol. The Kier molecular flexibility index (Phi) is 7.30. The lowest BCUT2D eigenvalue weighted by Gasteiger charge is -2.20. The highest BCUT2D eigenvalue weighted by Crippen LogP contribution is 2.32. The van der Waals surface area contributed by atoms with Crippen molar-refractivity contribution in [2.24, 2.45) is 0 Å². The number of hydrogen-bond donors (Lipinski definition) is 4. The molecule has 0 bridgehead atoms. The lowest BCUT2D eigenvalue weighted by molar-refractivity contribution is 0.0939. The second-order valence-electron chi connectivity index (χ2n) is 10.1. The molecule has 2 amide bonds. The van der Waals surface area contributed by atoms with Gasteiger partial charge in [-0.3, -0.25) is 9.59 Å². The van der Waals surface area contributed by atoms with Gasteiger partial charge in [0.05, 0.1) is 27.9 Å². The molecule has 0 saturated carbocycles. The molecule has 1 saturated heterocycles. The zero-order valence-electron chi connectivity index (χ0n) is 21.8. The number of fused-ring (bicyclic) bond motifs is 2. The van der Waals surface area contributed by atoms with E-state index in [0.29, 0.717) is 24.2 Å². The Hall–Kier alpha value is -3.62. The number of benzene rings is 2. The highest BCUT2D eigenvalue weighted by molar-refractivity contribution is 6.11. The van der Waals surface area contributed by atoms with Crippen LogP contribution in [0.3, 0.4) is 0 Å². The fourth-order valence-electron chi connectivity index (χ4n) is 4.90. The van der Waals surface area contributed by atoms with Crippen molar-refractivity contribution < 1.29 is 9.59 Å². The van der Waals surface area contributed by atoms with E-state index in [1.165, 1.54) is 12.8 Å². The zero-order valence-corrected chi connectivity index (χ0v) is 21.8. The molecule has 2 aromatic heterocycles. The Balaban J connectivity index is 1.38. The summed E-state index contributed by atoms with van der Waals surface area (Å²) in [5.41, 5.74) is 4.43. The van der Waals surface area contributed by atoms with Crippen molar-refractivity contribution in [3.8, 4) is 11.3 Å². The van der Waals surface area contributed by atoms with Crippen LogP contribution >= 0.6 is 0 Å². The molecule has 2 aromatic carbocycles. The predicted molar refractivity (Wildman–Crippen MR) is 148 cm³/mol. The minimum atomic E-state index is -0.110. The summed E-state index contributed by atoms with van der Waals surface area (Å²) in [5, 5.41) is 7.88. The Morgan fingerprint density at radius 1 is 1.03 bits per heavy atom. The van der Waals surface area contributed by atoms with Crippen LogP contribution in [0.5, 0.6) is 0 Å². The number of para-hydroxylation sites is 2. The van der Waals surface area contributed by atoms with Gasteiger partial charge < -0.3 is 30.4 Å². The summed E-state index contributed by atoms with van der Waals surface area (Å²) in [5.74, 6) is -0.197. The Morgan fingerprint density at radius 3 is 2.49 bits per heavy atom. The number of likely N-dealkylation sites (N-methyl/N-ethyl adjacent to an activating group) is 1. The standard InChI is InChI=1S/C29H35N6O2/c1-19(34(2)3)17-32-29(37)23-11-7-9-21-24(18-31-27(21)23)25-16-20-8-6-10-22(26(20)33-25)28(36)30-12-15-35-13-4-5-14-35/h6-11,18-19,31,33H,4-5,12-15,17H2,1-3H3,(H,30,36)(H,32,37). The first-order valence-corrected chi connectivity index (χ1v) is 13.0. The number of aromatic nitrogens is 2. The lowest BCUT2D eigenvalue weighted by Crippen LogP contribution is -2.38. The summed E-state index contributed by atoms with van der Waals surface area (Å²) in [6, 6.07) is 15.0. The third-order valence-corrected chi connectivity index (χ3v) is 7.40. The molecule has 1 atom stereocenters. The second-order valence-corrected chi connectivity index (χ2v) is 10.1. The van der Waals surface area contributed by atoms with Crippen molar-refractivity contribution in [2.75, 3.05) is 46.8 Å². The number of H-pyrrole nitrogens is 2. The van der Waals surface area contributed by atoms with E-state index in [4.69, 9.17) is 0 Å². The van der Waals surface area contributed by atoms with Gasteiger partial charge in [-0.15, -0.1) is 0 Å². The molecule has 8 heteroatoms. The third kappa shape index (κ3) is 5.26. The number of carbonyl (C=O) groups excluding carboxylic acids is 2. The first kappa shape index (κ1) is 25.0. The number of nitrogens with zero attached hydrogens (tertiary/aromatic N) is 2. The Bertz CT molecular complexity index is 1410. The maximum atomic E-state index is 13.0. The largest absolute Gasteiger partial charge is 0.360 e. The molecule has 37 heavy (non-hydrogen) atoms. The molecular weight excluding hydrogens is 464 g/mol. The number of amides is 2. The summed E-state index contributed by atoms with van der Waals surface area (Å²) in [7, 11) is 3.99. The number of likely N-dealkylation sites (tertiary alicyclic amines) is 1. The molecule has 1 aliphatic rings. The van der Waals surface area contributed by atoms with E-state index in [-0.39, 0.29) is 17.9 Å². The monoisotopic (exact) mass is 499 g/mol. The highest BCUT2D eigenvalue weighted by atomic mass is 16.2. The van der Waals surface area contributed by atoms with Crippen LogP contribution in [-0.4, -0.2) is 84.4 Å². The molecule has 0 spiro atoms.